The molecule has 0 aliphatic heterocycles. The van der Waals surface area contributed by atoms with Gasteiger partial charge in [0.15, 0.2) is 0 Å². The van der Waals surface area contributed by atoms with E-state index in [1.165, 1.54) is 64.8 Å². The Kier molecular flexibility index (Phi) is 6.51. The zero-order valence-corrected chi connectivity index (χ0v) is 16.3. The summed E-state index contributed by atoms with van der Waals surface area (Å²) in [7, 11) is 1.47. The van der Waals surface area contributed by atoms with E-state index in [9.17, 15) is 13.2 Å². The number of sulfonamides is 1. The lowest BCUT2D eigenvalue weighted by Crippen LogP contribution is -2.36. The number of anilines is 1. The lowest BCUT2D eigenvalue weighted by Gasteiger charge is -2.25. The summed E-state index contributed by atoms with van der Waals surface area (Å²) >= 11 is 0. The van der Waals surface area contributed by atoms with Gasteiger partial charge in [0, 0.05) is 6.07 Å². The Balaban J connectivity index is 2.58. The molecule has 0 saturated heterocycles. The minimum Gasteiger partial charge on any atom is -0.497 e. The van der Waals surface area contributed by atoms with Crippen LogP contribution in [0.3, 0.4) is 0 Å². The smallest absolute Gasteiger partial charge is 0.326 e. The normalized spacial score (nSPS) is 10.8. The Morgan fingerprint density at radius 2 is 1.48 bits per heavy atom. The van der Waals surface area contributed by atoms with E-state index in [-0.39, 0.29) is 16.3 Å². The van der Waals surface area contributed by atoms with Gasteiger partial charge in [-0.1, -0.05) is 0 Å². The number of esters is 1. The largest absolute Gasteiger partial charge is 0.497 e. The van der Waals surface area contributed by atoms with Crippen LogP contribution in [0.1, 0.15) is 0 Å². The Morgan fingerprint density at radius 3 is 2.00 bits per heavy atom. The zero-order valence-electron chi connectivity index (χ0n) is 15.5. The van der Waals surface area contributed by atoms with E-state index < -0.39 is 22.5 Å². The number of carbonyl (C=O) groups excluding carboxylic acids is 1. The van der Waals surface area contributed by atoms with Gasteiger partial charge in [-0.3, -0.25) is 9.10 Å². The molecule has 27 heavy (non-hydrogen) atoms. The van der Waals surface area contributed by atoms with Crippen LogP contribution in [-0.4, -0.2) is 49.4 Å². The molecule has 2 aromatic carbocycles. The number of ether oxygens (including phenoxy) is 4. The van der Waals surface area contributed by atoms with Gasteiger partial charge in [-0.05, 0) is 36.4 Å². The van der Waals surface area contributed by atoms with Crippen molar-refractivity contribution in [1.29, 1.82) is 0 Å². The molecule has 0 N–H and O–H groups in total. The second-order valence-corrected chi connectivity index (χ2v) is 7.16. The summed E-state index contributed by atoms with van der Waals surface area (Å²) in [6.45, 7) is -0.520. The highest BCUT2D eigenvalue weighted by Crippen LogP contribution is 2.35. The minimum atomic E-state index is -4.08. The van der Waals surface area contributed by atoms with Crippen LogP contribution >= 0.6 is 0 Å². The first-order valence-electron chi connectivity index (χ1n) is 7.83. The van der Waals surface area contributed by atoms with Gasteiger partial charge in [0.05, 0.1) is 39.0 Å². The third-order valence-electron chi connectivity index (χ3n) is 3.80. The fourth-order valence-electron chi connectivity index (χ4n) is 2.35. The summed E-state index contributed by atoms with van der Waals surface area (Å²) in [5, 5.41) is 0. The van der Waals surface area contributed by atoms with Gasteiger partial charge < -0.3 is 18.9 Å². The SMILES string of the molecule is COC(=O)CN(c1ccc(OC)cc1OC)S(=O)(=O)c1ccc(OC)cc1. The molecule has 0 fully saturated rings. The van der Waals surface area contributed by atoms with Gasteiger partial charge in [-0.15, -0.1) is 0 Å². The maximum Gasteiger partial charge on any atom is 0.326 e. The average molecular weight is 395 g/mol. The Labute approximate surface area is 158 Å². The van der Waals surface area contributed by atoms with Crippen LogP contribution < -0.4 is 18.5 Å². The Morgan fingerprint density at radius 1 is 0.889 bits per heavy atom. The Hall–Kier alpha value is -2.94. The number of hydrogen-bond acceptors (Lipinski definition) is 7. The Bertz CT molecular complexity index is 894. The molecule has 0 aliphatic rings. The molecular formula is C18H21NO7S. The summed E-state index contributed by atoms with van der Waals surface area (Å²) in [4.78, 5) is 11.9. The van der Waals surface area contributed by atoms with E-state index in [0.29, 0.717) is 11.5 Å². The van der Waals surface area contributed by atoms with Crippen molar-refractivity contribution < 1.29 is 32.2 Å². The monoisotopic (exact) mass is 395 g/mol. The van der Waals surface area contributed by atoms with Crippen molar-refractivity contribution >= 4 is 21.7 Å². The third kappa shape index (κ3) is 4.43. The summed E-state index contributed by atoms with van der Waals surface area (Å²) in [5.41, 5.74) is 0.180. The third-order valence-corrected chi connectivity index (χ3v) is 5.58. The van der Waals surface area contributed by atoms with Gasteiger partial charge in [0.2, 0.25) is 0 Å². The average Bonchev–Trinajstić information content (AvgIpc) is 2.71. The quantitative estimate of drug-likeness (QED) is 0.632. The van der Waals surface area contributed by atoms with E-state index >= 15 is 0 Å². The molecule has 0 amide bonds. The molecule has 146 valence electrons. The second-order valence-electron chi connectivity index (χ2n) is 5.30. The molecule has 2 rings (SSSR count). The standard InChI is InChI=1S/C18H21NO7S/c1-23-13-5-8-15(9-6-13)27(21,22)19(12-18(20)26-4)16-10-7-14(24-2)11-17(16)25-3/h5-11H,12H2,1-4H3. The fourth-order valence-corrected chi connectivity index (χ4v) is 3.77. The van der Waals surface area contributed by atoms with E-state index in [0.717, 1.165) is 4.31 Å². The molecule has 0 radical (unpaired) electrons. The number of hydrogen-bond donors (Lipinski definition) is 0. The predicted molar refractivity (Wildman–Crippen MR) is 99.1 cm³/mol. The van der Waals surface area contributed by atoms with Gasteiger partial charge >= 0.3 is 5.97 Å². The van der Waals surface area contributed by atoms with Crippen LogP contribution in [0.4, 0.5) is 5.69 Å². The molecule has 0 aliphatic carbocycles. The number of carbonyl (C=O) groups is 1. The highest BCUT2D eigenvalue weighted by atomic mass is 32.2. The highest BCUT2D eigenvalue weighted by molar-refractivity contribution is 7.92. The molecule has 0 atom stereocenters. The summed E-state index contributed by atoms with van der Waals surface area (Å²) in [6.07, 6.45) is 0. The summed E-state index contributed by atoms with van der Waals surface area (Å²) in [5.74, 6) is 0.506. The van der Waals surface area contributed by atoms with Crippen LogP contribution in [0.25, 0.3) is 0 Å². The number of rotatable bonds is 8. The van der Waals surface area contributed by atoms with Crippen molar-refractivity contribution in [2.45, 2.75) is 4.90 Å². The number of methoxy groups -OCH3 is 4. The lowest BCUT2D eigenvalue weighted by atomic mass is 10.2. The first-order chi connectivity index (χ1) is 12.9. The van der Waals surface area contributed by atoms with E-state index in [1.807, 2.05) is 0 Å². The predicted octanol–water partition coefficient (Wildman–Crippen LogP) is 2.08. The van der Waals surface area contributed by atoms with Crippen molar-refractivity contribution in [3.63, 3.8) is 0 Å². The molecule has 0 saturated carbocycles. The van der Waals surface area contributed by atoms with Crippen LogP contribution in [-0.2, 0) is 19.6 Å². The minimum absolute atomic E-state index is 0.00919. The van der Waals surface area contributed by atoms with Gasteiger partial charge in [0.25, 0.3) is 10.0 Å². The van der Waals surface area contributed by atoms with E-state index in [4.69, 9.17) is 14.2 Å². The molecule has 0 aromatic heterocycles. The molecule has 0 bridgehead atoms. The van der Waals surface area contributed by atoms with E-state index in [1.54, 1.807) is 6.07 Å². The van der Waals surface area contributed by atoms with Crippen molar-refractivity contribution in [3.05, 3.63) is 42.5 Å². The highest BCUT2D eigenvalue weighted by Gasteiger charge is 2.30. The first-order valence-corrected chi connectivity index (χ1v) is 9.27. The molecule has 0 unspecified atom stereocenters. The topological polar surface area (TPSA) is 91.4 Å². The first kappa shape index (κ1) is 20.4. The number of benzene rings is 2. The van der Waals surface area contributed by atoms with Gasteiger partial charge in [-0.25, -0.2) is 8.42 Å². The van der Waals surface area contributed by atoms with Gasteiger partial charge in [-0.2, -0.15) is 0 Å². The van der Waals surface area contributed by atoms with Crippen molar-refractivity contribution in [2.24, 2.45) is 0 Å². The van der Waals surface area contributed by atoms with Crippen LogP contribution in [0, 0.1) is 0 Å². The number of nitrogens with zero attached hydrogens (tertiary/aromatic N) is 1. The summed E-state index contributed by atoms with van der Waals surface area (Å²) < 4.78 is 47.5. The lowest BCUT2D eigenvalue weighted by molar-refractivity contribution is -0.138. The molecule has 0 heterocycles. The maximum absolute atomic E-state index is 13.2. The van der Waals surface area contributed by atoms with Crippen LogP contribution in [0.5, 0.6) is 17.2 Å². The van der Waals surface area contributed by atoms with Crippen LogP contribution in [0.2, 0.25) is 0 Å². The van der Waals surface area contributed by atoms with Crippen molar-refractivity contribution in [1.82, 2.24) is 0 Å². The molecular weight excluding hydrogens is 374 g/mol. The van der Waals surface area contributed by atoms with Gasteiger partial charge in [0.1, 0.15) is 23.8 Å². The molecule has 8 nitrogen and oxygen atoms in total. The fraction of sp³-hybridized carbons (Fsp3) is 0.278. The molecule has 9 heteroatoms. The van der Waals surface area contributed by atoms with E-state index in [2.05, 4.69) is 4.74 Å². The second kappa shape index (κ2) is 8.63. The van der Waals surface area contributed by atoms with Crippen molar-refractivity contribution in [2.75, 3.05) is 39.3 Å². The van der Waals surface area contributed by atoms with Crippen LogP contribution in [0.15, 0.2) is 47.4 Å². The summed E-state index contributed by atoms with van der Waals surface area (Å²) in [6, 6.07) is 10.4. The molecule has 0 spiro atoms. The zero-order chi connectivity index (χ0) is 20.0. The molecule has 2 aromatic rings. The van der Waals surface area contributed by atoms with Crippen molar-refractivity contribution in [3.8, 4) is 17.2 Å². The maximum atomic E-state index is 13.2.